The molecule has 2 atom stereocenters. The Kier molecular flexibility index (Phi) is 4.48. The second kappa shape index (κ2) is 6.53. The Balaban J connectivity index is 1.68. The van der Waals surface area contributed by atoms with E-state index in [-0.39, 0.29) is 11.9 Å². The smallest absolute Gasteiger partial charge is 0.240 e. The van der Waals surface area contributed by atoms with Crippen LogP contribution in [0.3, 0.4) is 0 Å². The van der Waals surface area contributed by atoms with Crippen molar-refractivity contribution in [2.24, 2.45) is 0 Å². The molecule has 1 amide bonds. The van der Waals surface area contributed by atoms with Gasteiger partial charge in [-0.3, -0.25) is 4.79 Å². The highest BCUT2D eigenvalue weighted by atomic mass is 32.1. The highest BCUT2D eigenvalue weighted by molar-refractivity contribution is 7.10. The molecule has 2 unspecified atom stereocenters. The zero-order valence-electron chi connectivity index (χ0n) is 13.1. The predicted molar refractivity (Wildman–Crippen MR) is 92.4 cm³/mol. The number of carbonyl (C=O) groups excluding carboxylic acids is 1. The molecule has 0 bridgehead atoms. The maximum Gasteiger partial charge on any atom is 0.240 e. The highest BCUT2D eigenvalue weighted by Crippen LogP contribution is 2.30. The number of amides is 1. The van der Waals surface area contributed by atoms with Crippen molar-refractivity contribution in [3.05, 3.63) is 52.2 Å². The Bertz CT molecular complexity index is 638. The SMILES string of the molecule is CC(NC(=O)CN1c2ccccc2CCC1C)c1cccs1. The van der Waals surface area contributed by atoms with E-state index >= 15 is 0 Å². The van der Waals surface area contributed by atoms with Crippen LogP contribution in [0.2, 0.25) is 0 Å². The number of nitrogens with one attached hydrogen (secondary N) is 1. The minimum Gasteiger partial charge on any atom is -0.359 e. The van der Waals surface area contributed by atoms with E-state index in [2.05, 4.69) is 47.5 Å². The Morgan fingerprint density at radius 1 is 1.36 bits per heavy atom. The summed E-state index contributed by atoms with van der Waals surface area (Å²) < 4.78 is 0. The molecule has 0 saturated heterocycles. The van der Waals surface area contributed by atoms with Gasteiger partial charge in [0.15, 0.2) is 0 Å². The van der Waals surface area contributed by atoms with Gasteiger partial charge in [0.1, 0.15) is 0 Å². The molecular formula is C18H22N2OS. The van der Waals surface area contributed by atoms with Crippen LogP contribution in [0.1, 0.15) is 36.8 Å². The number of anilines is 1. The van der Waals surface area contributed by atoms with Crippen LogP contribution in [-0.4, -0.2) is 18.5 Å². The molecule has 0 fully saturated rings. The second-order valence-corrected chi connectivity index (χ2v) is 6.93. The second-order valence-electron chi connectivity index (χ2n) is 5.95. The van der Waals surface area contributed by atoms with E-state index in [9.17, 15) is 4.79 Å². The lowest BCUT2D eigenvalue weighted by Gasteiger charge is -2.36. The van der Waals surface area contributed by atoms with Crippen LogP contribution < -0.4 is 10.2 Å². The number of thiophene rings is 1. The van der Waals surface area contributed by atoms with Crippen molar-refractivity contribution in [3.63, 3.8) is 0 Å². The Morgan fingerprint density at radius 2 is 2.18 bits per heavy atom. The molecule has 1 aliphatic rings. The van der Waals surface area contributed by atoms with Gasteiger partial charge in [0.05, 0.1) is 12.6 Å². The molecule has 0 aliphatic carbocycles. The van der Waals surface area contributed by atoms with Crippen molar-refractivity contribution < 1.29 is 4.79 Å². The number of aryl methyl sites for hydroxylation is 1. The molecule has 0 saturated carbocycles. The van der Waals surface area contributed by atoms with Gasteiger partial charge in [-0.25, -0.2) is 0 Å². The fourth-order valence-corrected chi connectivity index (χ4v) is 3.79. The summed E-state index contributed by atoms with van der Waals surface area (Å²) in [6, 6.07) is 13.0. The van der Waals surface area contributed by atoms with Gasteiger partial charge in [-0.2, -0.15) is 0 Å². The summed E-state index contributed by atoms with van der Waals surface area (Å²) in [6.45, 7) is 4.66. The first-order chi connectivity index (χ1) is 10.6. The molecule has 3 nitrogen and oxygen atoms in total. The van der Waals surface area contributed by atoms with Crippen molar-refractivity contribution in [1.82, 2.24) is 5.32 Å². The quantitative estimate of drug-likeness (QED) is 0.932. The lowest BCUT2D eigenvalue weighted by molar-refractivity contribution is -0.120. The van der Waals surface area contributed by atoms with Crippen LogP contribution in [0, 0.1) is 0 Å². The zero-order chi connectivity index (χ0) is 15.5. The van der Waals surface area contributed by atoms with Crippen molar-refractivity contribution in [1.29, 1.82) is 0 Å². The van der Waals surface area contributed by atoms with E-state index in [0.717, 1.165) is 12.8 Å². The van der Waals surface area contributed by atoms with Crippen LogP contribution in [-0.2, 0) is 11.2 Å². The molecule has 1 aromatic heterocycles. The average Bonchev–Trinajstić information content (AvgIpc) is 3.04. The van der Waals surface area contributed by atoms with Gasteiger partial charge in [0, 0.05) is 16.6 Å². The number of nitrogens with zero attached hydrogens (tertiary/aromatic N) is 1. The highest BCUT2D eigenvalue weighted by Gasteiger charge is 2.25. The van der Waals surface area contributed by atoms with Crippen LogP contribution in [0.5, 0.6) is 0 Å². The number of benzene rings is 1. The Morgan fingerprint density at radius 3 is 2.95 bits per heavy atom. The Labute approximate surface area is 136 Å². The number of hydrogen-bond acceptors (Lipinski definition) is 3. The van der Waals surface area contributed by atoms with Crippen molar-refractivity contribution in [2.45, 2.75) is 38.8 Å². The van der Waals surface area contributed by atoms with Gasteiger partial charge in [-0.1, -0.05) is 24.3 Å². The number of para-hydroxylation sites is 1. The molecule has 1 aromatic carbocycles. The first-order valence-corrected chi connectivity index (χ1v) is 8.70. The average molecular weight is 314 g/mol. The molecule has 2 aromatic rings. The van der Waals surface area contributed by atoms with E-state index in [1.54, 1.807) is 11.3 Å². The van der Waals surface area contributed by atoms with Crippen molar-refractivity contribution in [3.8, 4) is 0 Å². The summed E-state index contributed by atoms with van der Waals surface area (Å²) in [4.78, 5) is 15.9. The van der Waals surface area contributed by atoms with Gasteiger partial charge in [-0.15, -0.1) is 11.3 Å². The van der Waals surface area contributed by atoms with Crippen LogP contribution in [0.25, 0.3) is 0 Å². The normalized spacial score (nSPS) is 18.6. The van der Waals surface area contributed by atoms with E-state index in [1.165, 1.54) is 16.1 Å². The molecule has 22 heavy (non-hydrogen) atoms. The van der Waals surface area contributed by atoms with E-state index in [1.807, 2.05) is 18.4 Å². The van der Waals surface area contributed by atoms with E-state index in [4.69, 9.17) is 0 Å². The predicted octanol–water partition coefficient (Wildman–Crippen LogP) is 3.77. The lowest BCUT2D eigenvalue weighted by Crippen LogP contribution is -2.44. The number of hydrogen-bond donors (Lipinski definition) is 1. The first-order valence-electron chi connectivity index (χ1n) is 7.82. The maximum absolute atomic E-state index is 12.4. The summed E-state index contributed by atoms with van der Waals surface area (Å²) in [6.07, 6.45) is 2.20. The molecule has 1 aliphatic heterocycles. The monoisotopic (exact) mass is 314 g/mol. The van der Waals surface area contributed by atoms with Gasteiger partial charge in [0.25, 0.3) is 0 Å². The van der Waals surface area contributed by atoms with Gasteiger partial charge in [0.2, 0.25) is 5.91 Å². The van der Waals surface area contributed by atoms with Crippen LogP contribution >= 0.6 is 11.3 Å². The zero-order valence-corrected chi connectivity index (χ0v) is 13.9. The van der Waals surface area contributed by atoms with Crippen LogP contribution in [0.4, 0.5) is 5.69 Å². The standard InChI is InChI=1S/C18H22N2OS/c1-13-9-10-15-6-3-4-7-16(15)20(13)12-18(21)19-14(2)17-8-5-11-22-17/h3-8,11,13-14H,9-10,12H2,1-2H3,(H,19,21). The minimum atomic E-state index is 0.0721. The largest absolute Gasteiger partial charge is 0.359 e. The van der Waals surface area contributed by atoms with Gasteiger partial charge < -0.3 is 10.2 Å². The van der Waals surface area contributed by atoms with Gasteiger partial charge >= 0.3 is 0 Å². The Hall–Kier alpha value is -1.81. The minimum absolute atomic E-state index is 0.0721. The van der Waals surface area contributed by atoms with Crippen LogP contribution in [0.15, 0.2) is 41.8 Å². The molecule has 3 rings (SSSR count). The fraction of sp³-hybridized carbons (Fsp3) is 0.389. The molecular weight excluding hydrogens is 292 g/mol. The third kappa shape index (κ3) is 3.17. The summed E-state index contributed by atoms with van der Waals surface area (Å²) in [5.74, 6) is 0.0875. The molecule has 1 N–H and O–H groups in total. The van der Waals surface area contributed by atoms with E-state index in [0.29, 0.717) is 12.6 Å². The molecule has 4 heteroatoms. The number of carbonyl (C=O) groups is 1. The van der Waals surface area contributed by atoms with Gasteiger partial charge in [-0.05, 0) is 49.8 Å². The molecule has 116 valence electrons. The summed E-state index contributed by atoms with van der Waals surface area (Å²) in [5.41, 5.74) is 2.56. The molecule has 0 spiro atoms. The molecule has 0 radical (unpaired) electrons. The maximum atomic E-state index is 12.4. The molecule has 2 heterocycles. The first kappa shape index (κ1) is 15.1. The number of fused-ring (bicyclic) bond motifs is 1. The third-order valence-corrected chi connectivity index (χ3v) is 5.38. The van der Waals surface area contributed by atoms with Crippen molar-refractivity contribution >= 4 is 22.9 Å². The third-order valence-electron chi connectivity index (χ3n) is 4.33. The summed E-state index contributed by atoms with van der Waals surface area (Å²) in [5, 5.41) is 5.15. The fourth-order valence-electron chi connectivity index (χ4n) is 3.05. The summed E-state index contributed by atoms with van der Waals surface area (Å²) >= 11 is 1.68. The van der Waals surface area contributed by atoms with Crippen molar-refractivity contribution in [2.75, 3.05) is 11.4 Å². The topological polar surface area (TPSA) is 32.3 Å². The lowest BCUT2D eigenvalue weighted by atomic mass is 9.96. The van der Waals surface area contributed by atoms with E-state index < -0.39 is 0 Å². The number of rotatable bonds is 4. The summed E-state index contributed by atoms with van der Waals surface area (Å²) in [7, 11) is 0.